The molecule has 0 unspecified atom stereocenters. The van der Waals surface area contributed by atoms with Crippen molar-refractivity contribution >= 4 is 17.1 Å². The summed E-state index contributed by atoms with van der Waals surface area (Å²) in [5.41, 5.74) is 3.07. The van der Waals surface area contributed by atoms with Gasteiger partial charge in [-0.05, 0) is 23.8 Å². The van der Waals surface area contributed by atoms with Crippen molar-refractivity contribution < 1.29 is 14.3 Å². The van der Waals surface area contributed by atoms with E-state index in [1.807, 2.05) is 18.2 Å². The molecule has 0 saturated carbocycles. The monoisotopic (exact) mass is 263 g/mol. The lowest BCUT2D eigenvalue weighted by Gasteiger charge is -2.09. The van der Waals surface area contributed by atoms with Crippen molar-refractivity contribution in [3.63, 3.8) is 0 Å². The summed E-state index contributed by atoms with van der Waals surface area (Å²) in [7, 11) is 3.17. The van der Waals surface area contributed by atoms with Gasteiger partial charge in [0.15, 0.2) is 17.3 Å². The van der Waals surface area contributed by atoms with Crippen molar-refractivity contribution in [2.45, 2.75) is 6.92 Å². The molecule has 1 aromatic heterocycles. The highest BCUT2D eigenvalue weighted by atomic mass is 32.1. The molecule has 0 aliphatic carbocycles. The largest absolute Gasteiger partial charge is 0.493 e. The van der Waals surface area contributed by atoms with E-state index in [4.69, 9.17) is 9.47 Å². The Labute approximate surface area is 109 Å². The van der Waals surface area contributed by atoms with Crippen LogP contribution in [0.25, 0.3) is 10.4 Å². The van der Waals surface area contributed by atoms with Crippen molar-refractivity contribution in [3.05, 3.63) is 29.4 Å². The predicted octanol–water partition coefficient (Wildman–Crippen LogP) is 3.03. The number of ketones is 1. The van der Waals surface area contributed by atoms with Gasteiger partial charge in [0, 0.05) is 6.92 Å². The summed E-state index contributed by atoms with van der Waals surface area (Å²) in [4.78, 5) is 16.4. The summed E-state index contributed by atoms with van der Waals surface area (Å²) in [5.74, 6) is 1.26. The Kier molecular flexibility index (Phi) is 3.62. The van der Waals surface area contributed by atoms with Gasteiger partial charge in [0.2, 0.25) is 0 Å². The van der Waals surface area contributed by atoms with E-state index in [-0.39, 0.29) is 5.78 Å². The second-order valence-corrected chi connectivity index (χ2v) is 4.51. The number of hydrogen-bond acceptors (Lipinski definition) is 5. The van der Waals surface area contributed by atoms with Gasteiger partial charge in [0.05, 0.1) is 24.6 Å². The first kappa shape index (κ1) is 12.6. The summed E-state index contributed by atoms with van der Waals surface area (Å²) in [6.07, 6.45) is 0. The molecule has 0 N–H and O–H groups in total. The minimum Gasteiger partial charge on any atom is -0.493 e. The van der Waals surface area contributed by atoms with Gasteiger partial charge in [0.25, 0.3) is 0 Å². The molecule has 0 fully saturated rings. The van der Waals surface area contributed by atoms with E-state index in [0.29, 0.717) is 17.2 Å². The molecule has 1 aromatic carbocycles. The predicted molar refractivity (Wildman–Crippen MR) is 70.7 cm³/mol. The van der Waals surface area contributed by atoms with Gasteiger partial charge in [-0.3, -0.25) is 4.79 Å². The number of rotatable bonds is 4. The van der Waals surface area contributed by atoms with Gasteiger partial charge in [-0.15, -0.1) is 11.3 Å². The van der Waals surface area contributed by atoms with E-state index >= 15 is 0 Å². The van der Waals surface area contributed by atoms with Crippen LogP contribution in [0, 0.1) is 0 Å². The first-order valence-corrected chi connectivity index (χ1v) is 6.22. The highest BCUT2D eigenvalue weighted by molar-refractivity contribution is 7.13. The van der Waals surface area contributed by atoms with Crippen LogP contribution in [-0.2, 0) is 0 Å². The van der Waals surface area contributed by atoms with Crippen LogP contribution in [0.1, 0.15) is 17.4 Å². The standard InChI is InChI=1S/C13H13NO3S/c1-8(15)12-13(18-7-14-12)9-4-5-10(16-2)11(6-9)17-3/h4-7H,1-3H3. The van der Waals surface area contributed by atoms with Gasteiger partial charge in [-0.2, -0.15) is 0 Å². The molecular weight excluding hydrogens is 250 g/mol. The Morgan fingerprint density at radius 2 is 1.94 bits per heavy atom. The van der Waals surface area contributed by atoms with Crippen LogP contribution >= 0.6 is 11.3 Å². The number of aromatic nitrogens is 1. The van der Waals surface area contributed by atoms with Crippen molar-refractivity contribution in [2.24, 2.45) is 0 Å². The molecule has 0 aliphatic heterocycles. The van der Waals surface area contributed by atoms with Crippen LogP contribution in [0.5, 0.6) is 11.5 Å². The minimum absolute atomic E-state index is 0.0407. The molecule has 0 saturated heterocycles. The average Bonchev–Trinajstić information content (AvgIpc) is 2.87. The zero-order valence-corrected chi connectivity index (χ0v) is 11.2. The molecule has 0 radical (unpaired) electrons. The van der Waals surface area contributed by atoms with Crippen LogP contribution < -0.4 is 9.47 Å². The van der Waals surface area contributed by atoms with Crippen molar-refractivity contribution in [2.75, 3.05) is 14.2 Å². The summed E-state index contributed by atoms with van der Waals surface area (Å²) < 4.78 is 10.4. The van der Waals surface area contributed by atoms with E-state index in [2.05, 4.69) is 4.98 Å². The summed E-state index contributed by atoms with van der Waals surface area (Å²) in [5, 5.41) is 0. The van der Waals surface area contributed by atoms with E-state index in [9.17, 15) is 4.79 Å². The molecule has 18 heavy (non-hydrogen) atoms. The Balaban J connectivity index is 2.51. The van der Waals surface area contributed by atoms with Gasteiger partial charge in [0.1, 0.15) is 5.69 Å². The summed E-state index contributed by atoms with van der Waals surface area (Å²) >= 11 is 1.44. The molecule has 0 atom stereocenters. The van der Waals surface area contributed by atoms with Crippen LogP contribution in [0.15, 0.2) is 23.7 Å². The van der Waals surface area contributed by atoms with Crippen molar-refractivity contribution in [3.8, 4) is 21.9 Å². The third-order valence-corrected chi connectivity index (χ3v) is 3.42. The normalized spacial score (nSPS) is 10.2. The molecule has 4 nitrogen and oxygen atoms in total. The smallest absolute Gasteiger partial charge is 0.179 e. The number of benzene rings is 1. The number of Topliss-reactive ketones (excluding diaryl/α,β-unsaturated/α-hetero) is 1. The number of ether oxygens (including phenoxy) is 2. The minimum atomic E-state index is -0.0407. The van der Waals surface area contributed by atoms with Crippen LogP contribution in [-0.4, -0.2) is 25.0 Å². The third kappa shape index (κ3) is 2.22. The molecular formula is C13H13NO3S. The Hall–Kier alpha value is -1.88. The lowest BCUT2D eigenvalue weighted by Crippen LogP contribution is -1.95. The lowest BCUT2D eigenvalue weighted by molar-refractivity contribution is 0.101. The highest BCUT2D eigenvalue weighted by Gasteiger charge is 2.14. The molecule has 0 amide bonds. The Morgan fingerprint density at radius 3 is 2.56 bits per heavy atom. The summed E-state index contributed by atoms with van der Waals surface area (Å²) in [6, 6.07) is 5.55. The van der Waals surface area contributed by atoms with Crippen LogP contribution in [0.2, 0.25) is 0 Å². The number of hydrogen-bond donors (Lipinski definition) is 0. The molecule has 1 heterocycles. The second kappa shape index (κ2) is 5.18. The van der Waals surface area contributed by atoms with Crippen molar-refractivity contribution in [1.29, 1.82) is 0 Å². The zero-order chi connectivity index (χ0) is 13.1. The van der Waals surface area contributed by atoms with E-state index < -0.39 is 0 Å². The highest BCUT2D eigenvalue weighted by Crippen LogP contribution is 2.35. The Morgan fingerprint density at radius 1 is 1.22 bits per heavy atom. The SMILES string of the molecule is COc1ccc(-c2scnc2C(C)=O)cc1OC. The van der Waals surface area contributed by atoms with Gasteiger partial charge in [-0.1, -0.05) is 0 Å². The molecule has 0 bridgehead atoms. The lowest BCUT2D eigenvalue weighted by atomic mass is 10.1. The van der Waals surface area contributed by atoms with Gasteiger partial charge < -0.3 is 9.47 Å². The quantitative estimate of drug-likeness (QED) is 0.795. The molecule has 2 aromatic rings. The Bertz CT molecular complexity index is 577. The summed E-state index contributed by atoms with van der Waals surface area (Å²) in [6.45, 7) is 1.51. The molecule has 0 spiro atoms. The fraction of sp³-hybridized carbons (Fsp3) is 0.231. The maximum absolute atomic E-state index is 11.5. The zero-order valence-electron chi connectivity index (χ0n) is 10.4. The molecule has 0 aliphatic rings. The molecule has 94 valence electrons. The number of nitrogens with zero attached hydrogens (tertiary/aromatic N) is 1. The fourth-order valence-electron chi connectivity index (χ4n) is 1.68. The fourth-order valence-corrected chi connectivity index (χ4v) is 2.51. The first-order valence-electron chi connectivity index (χ1n) is 5.34. The average molecular weight is 263 g/mol. The van der Waals surface area contributed by atoms with Crippen molar-refractivity contribution in [1.82, 2.24) is 4.98 Å². The van der Waals surface area contributed by atoms with Crippen LogP contribution in [0.4, 0.5) is 0 Å². The topological polar surface area (TPSA) is 48.4 Å². The number of carbonyl (C=O) groups is 1. The number of carbonyl (C=O) groups excluding carboxylic acids is 1. The molecule has 5 heteroatoms. The van der Waals surface area contributed by atoms with Gasteiger partial charge in [-0.25, -0.2) is 4.98 Å². The van der Waals surface area contributed by atoms with Gasteiger partial charge >= 0.3 is 0 Å². The first-order chi connectivity index (χ1) is 8.67. The second-order valence-electron chi connectivity index (χ2n) is 3.66. The number of thiazole rings is 1. The van der Waals surface area contributed by atoms with Crippen LogP contribution in [0.3, 0.4) is 0 Å². The van der Waals surface area contributed by atoms with E-state index in [0.717, 1.165) is 10.4 Å². The number of methoxy groups -OCH3 is 2. The molecule has 2 rings (SSSR count). The third-order valence-electron chi connectivity index (χ3n) is 2.55. The van der Waals surface area contributed by atoms with E-state index in [1.54, 1.807) is 19.7 Å². The van der Waals surface area contributed by atoms with E-state index in [1.165, 1.54) is 18.3 Å². The maximum Gasteiger partial charge on any atom is 0.179 e. The maximum atomic E-state index is 11.5.